The Hall–Kier alpha value is -6.67. The minimum absolute atomic E-state index is 0.0121. The van der Waals surface area contributed by atoms with Gasteiger partial charge in [-0.3, -0.25) is 23.8 Å². The van der Waals surface area contributed by atoms with Gasteiger partial charge in [0.1, 0.15) is 11.1 Å². The monoisotopic (exact) mass is 940 g/mol. The highest BCUT2D eigenvalue weighted by atomic mass is 32.2. The first-order valence-corrected chi connectivity index (χ1v) is 23.3. The molecule has 7 rings (SSSR count). The summed E-state index contributed by atoms with van der Waals surface area (Å²) in [4.78, 5) is 67.4. The lowest BCUT2D eigenvalue weighted by atomic mass is 9.74. The van der Waals surface area contributed by atoms with Crippen LogP contribution in [0.2, 0.25) is 0 Å². The number of allylic oxidation sites excluding steroid dienone is 6. The van der Waals surface area contributed by atoms with Gasteiger partial charge in [-0.25, -0.2) is 14.4 Å². The molecule has 1 atom stereocenters. The SMILES string of the molecule is CCCC[n+]1cc(C(=O)N(C)OC)cc2c1N=C(/C=C/C=C/C=C1/N(C)c3ccc4c(S(=O)(=O)O)cccc4c3C1(C)Cc1ccc(C(=O)ON3C(=O)CCC3=O)cc1)C2(C)C.O=S(=O)=O. The number of imide groups is 1. The Kier molecular flexibility index (Phi) is 14.4. The normalized spacial score (nSPS) is 18.2. The average Bonchev–Trinajstić information content (AvgIpc) is 3.81. The molecule has 17 nitrogen and oxygen atoms in total. The Bertz CT molecular complexity index is 2980. The molecule has 0 aliphatic carbocycles. The molecule has 3 amide bonds. The Morgan fingerprint density at radius 1 is 0.955 bits per heavy atom. The number of rotatable bonds is 13. The van der Waals surface area contributed by atoms with Crippen molar-refractivity contribution in [2.75, 3.05) is 26.1 Å². The first kappa shape index (κ1) is 48.8. The molecular weight excluding hydrogens is 891 g/mol. The molecule has 1 N–H and O–H groups in total. The van der Waals surface area contributed by atoms with Gasteiger partial charge in [-0.05, 0) is 97.6 Å². The summed E-state index contributed by atoms with van der Waals surface area (Å²) < 4.78 is 62.6. The highest BCUT2D eigenvalue weighted by Gasteiger charge is 2.45. The zero-order valence-electron chi connectivity index (χ0n) is 37.5. The third kappa shape index (κ3) is 9.79. The Morgan fingerprint density at radius 2 is 1.62 bits per heavy atom. The van der Waals surface area contributed by atoms with Gasteiger partial charge in [0.05, 0.1) is 35.8 Å². The summed E-state index contributed by atoms with van der Waals surface area (Å²) in [6.07, 6.45) is 13.9. The van der Waals surface area contributed by atoms with Gasteiger partial charge < -0.3 is 9.74 Å². The molecule has 66 heavy (non-hydrogen) atoms. The third-order valence-electron chi connectivity index (χ3n) is 12.0. The maximum atomic E-state index is 13.2. The number of likely N-dealkylation sites (N-methyl/N-ethyl adjacent to an activating group) is 1. The lowest BCUT2D eigenvalue weighted by molar-refractivity contribution is -0.684. The average molecular weight is 941 g/mol. The van der Waals surface area contributed by atoms with Gasteiger partial charge in [0.25, 0.3) is 27.8 Å². The zero-order chi connectivity index (χ0) is 48.3. The molecule has 1 unspecified atom stereocenters. The van der Waals surface area contributed by atoms with E-state index in [4.69, 9.17) is 27.3 Å². The molecule has 4 heterocycles. The van der Waals surface area contributed by atoms with Gasteiger partial charge in [-0.15, -0.1) is 17.7 Å². The molecule has 0 spiro atoms. The number of hydroxylamine groups is 4. The van der Waals surface area contributed by atoms with Crippen molar-refractivity contribution in [1.82, 2.24) is 10.1 Å². The van der Waals surface area contributed by atoms with E-state index in [2.05, 4.69) is 32.6 Å². The highest BCUT2D eigenvalue weighted by molar-refractivity contribution is 7.86. The maximum absolute atomic E-state index is 13.2. The van der Waals surface area contributed by atoms with Crippen LogP contribution in [0.3, 0.4) is 0 Å². The molecule has 0 bridgehead atoms. The van der Waals surface area contributed by atoms with Crippen LogP contribution in [0.4, 0.5) is 11.5 Å². The van der Waals surface area contributed by atoms with E-state index in [1.165, 1.54) is 18.2 Å². The topological polar surface area (TPSA) is 218 Å². The van der Waals surface area contributed by atoms with E-state index < -0.39 is 49.3 Å². The molecule has 4 aromatic rings. The number of hydrogen-bond donors (Lipinski definition) is 1. The van der Waals surface area contributed by atoms with Crippen LogP contribution in [0, 0.1) is 0 Å². The first-order chi connectivity index (χ1) is 31.1. The number of hydrogen-bond acceptors (Lipinski definition) is 13. The number of carbonyl (C=O) groups is 4. The minimum atomic E-state index is -4.54. The van der Waals surface area contributed by atoms with E-state index >= 15 is 0 Å². The fourth-order valence-corrected chi connectivity index (χ4v) is 9.27. The number of anilines is 1. The second-order valence-corrected chi connectivity index (χ2v) is 18.4. The van der Waals surface area contributed by atoms with Crippen LogP contribution in [0.1, 0.15) is 90.8 Å². The van der Waals surface area contributed by atoms with E-state index in [9.17, 15) is 32.1 Å². The summed E-state index contributed by atoms with van der Waals surface area (Å²) in [5, 5.41) is 2.77. The highest BCUT2D eigenvalue weighted by Crippen LogP contribution is 2.52. The van der Waals surface area contributed by atoms with Crippen LogP contribution in [0.5, 0.6) is 0 Å². The van der Waals surface area contributed by atoms with Crippen molar-refractivity contribution in [3.05, 3.63) is 131 Å². The third-order valence-corrected chi connectivity index (χ3v) is 12.9. The largest absolute Gasteiger partial charge is 0.425 e. The summed E-state index contributed by atoms with van der Waals surface area (Å²) in [6.45, 7) is 9.08. The Balaban J connectivity index is 0.00000173. The quantitative estimate of drug-likeness (QED) is 0.0533. The molecule has 0 saturated carbocycles. The number of nitrogens with zero attached hydrogens (tertiary/aromatic N) is 5. The molecule has 346 valence electrons. The van der Waals surface area contributed by atoms with Gasteiger partial charge in [-0.1, -0.05) is 61.9 Å². The van der Waals surface area contributed by atoms with Gasteiger partial charge in [0.15, 0.2) is 5.71 Å². The summed E-state index contributed by atoms with van der Waals surface area (Å²) in [5.41, 5.74) is 4.65. The van der Waals surface area contributed by atoms with Crippen molar-refractivity contribution >= 4 is 72.4 Å². The summed E-state index contributed by atoms with van der Waals surface area (Å²) >= 11 is 0. The van der Waals surface area contributed by atoms with Crippen LogP contribution in [-0.2, 0) is 63.8 Å². The fraction of sp³-hybridized carbons (Fsp3) is 0.319. The molecule has 3 aliphatic rings. The number of unbranched alkanes of at least 4 members (excludes halogenated alkanes) is 1. The fourth-order valence-electron chi connectivity index (χ4n) is 8.57. The van der Waals surface area contributed by atoms with Crippen LogP contribution in [0.25, 0.3) is 10.8 Å². The predicted octanol–water partition coefficient (Wildman–Crippen LogP) is 6.03. The van der Waals surface area contributed by atoms with Crippen LogP contribution in [0.15, 0.2) is 113 Å². The lowest BCUT2D eigenvalue weighted by Gasteiger charge is -2.29. The zero-order valence-corrected chi connectivity index (χ0v) is 39.1. The summed E-state index contributed by atoms with van der Waals surface area (Å²) in [6, 6.07) is 17.0. The number of benzene rings is 3. The van der Waals surface area contributed by atoms with E-state index in [1.54, 1.807) is 43.4 Å². The van der Waals surface area contributed by atoms with Crippen molar-refractivity contribution in [3.8, 4) is 0 Å². The molecule has 3 aromatic carbocycles. The second-order valence-electron chi connectivity index (χ2n) is 16.6. The van der Waals surface area contributed by atoms with Crippen molar-refractivity contribution in [3.63, 3.8) is 0 Å². The number of carbonyl (C=O) groups excluding carboxylic acids is 4. The number of aliphatic imine (C=N–C) groups is 1. The summed E-state index contributed by atoms with van der Waals surface area (Å²) in [7, 11) is -2.66. The van der Waals surface area contributed by atoms with Crippen molar-refractivity contribution in [2.24, 2.45) is 4.99 Å². The van der Waals surface area contributed by atoms with E-state index in [-0.39, 0.29) is 29.2 Å². The summed E-state index contributed by atoms with van der Waals surface area (Å²) in [5.74, 6) is -1.40. The number of fused-ring (bicyclic) bond motifs is 4. The van der Waals surface area contributed by atoms with Crippen molar-refractivity contribution in [1.29, 1.82) is 0 Å². The second kappa shape index (κ2) is 19.4. The lowest BCUT2D eigenvalue weighted by Crippen LogP contribution is -2.38. The first-order valence-electron chi connectivity index (χ1n) is 20.9. The maximum Gasteiger partial charge on any atom is 0.425 e. The van der Waals surface area contributed by atoms with E-state index in [0.29, 0.717) is 34.4 Å². The van der Waals surface area contributed by atoms with Gasteiger partial charge in [0.2, 0.25) is 0 Å². The number of aryl methyl sites for hydroxylation is 1. The van der Waals surface area contributed by atoms with E-state index in [0.717, 1.165) is 52.4 Å². The Labute approximate surface area is 384 Å². The number of aromatic nitrogens is 1. The van der Waals surface area contributed by atoms with Crippen LogP contribution in [-0.4, -0.2) is 86.3 Å². The van der Waals surface area contributed by atoms with Gasteiger partial charge in [-0.2, -0.15) is 8.42 Å². The molecule has 1 aromatic heterocycles. The van der Waals surface area contributed by atoms with Crippen LogP contribution < -0.4 is 9.47 Å². The van der Waals surface area contributed by atoms with Crippen molar-refractivity contribution in [2.45, 2.75) is 82.1 Å². The number of amides is 3. The van der Waals surface area contributed by atoms with Gasteiger partial charge in [0, 0.05) is 49.1 Å². The standard InChI is InChI=1S/C47H49N5O9S.O3S/c1-8-9-26-51-29-32(44(55)50(6)60-7)27-35-43(51)48-38(46(35,2)3)16-11-10-12-17-39-47(4,28-30-18-20-31(21-19-30)45(56)61-52-40(53)24-25-41(52)54)42-34-14-13-15-37(62(57,58)59)33(34)22-23-36(42)49(39)5;1-4(2)3/h10-23,27,29H,8-9,24-26,28H2,1-7H3;/p+1. The minimum Gasteiger partial charge on any atom is -0.347 e. The molecule has 1 saturated heterocycles. The molecule has 1 fully saturated rings. The van der Waals surface area contributed by atoms with Crippen LogP contribution >= 0.6 is 0 Å². The molecule has 0 radical (unpaired) electrons. The molecule has 3 aliphatic heterocycles. The smallest absolute Gasteiger partial charge is 0.347 e. The number of pyridine rings is 1. The molecular formula is C47H50N5O12S2+. The van der Waals surface area contributed by atoms with E-state index in [1.807, 2.05) is 66.4 Å². The Morgan fingerprint density at radius 3 is 2.24 bits per heavy atom. The predicted molar refractivity (Wildman–Crippen MR) is 243 cm³/mol. The molecule has 19 heteroatoms. The van der Waals surface area contributed by atoms with Crippen molar-refractivity contribution < 1.29 is 59.0 Å². The van der Waals surface area contributed by atoms with Gasteiger partial charge >= 0.3 is 22.4 Å².